The Kier molecular flexibility index (Phi) is 8.02. The largest absolute Gasteiger partial charge is 0.322 e. The molecule has 4 aromatic rings. The Bertz CT molecular complexity index is 1560. The summed E-state index contributed by atoms with van der Waals surface area (Å²) >= 11 is 6.06. The predicted molar refractivity (Wildman–Crippen MR) is 144 cm³/mol. The SMILES string of the molecule is CCCN(C(=O)Nc1ccc([N+](=O)[O-])cc1)C(CC)c1nc2ccccc2c(=O)n1-c1ccc(F)c(Cl)c1. The first-order valence-corrected chi connectivity index (χ1v) is 12.4. The minimum Gasteiger partial charge on any atom is -0.314 e. The summed E-state index contributed by atoms with van der Waals surface area (Å²) in [5.74, 6) is -0.327. The molecule has 0 bridgehead atoms. The van der Waals surface area contributed by atoms with Crippen molar-refractivity contribution in [1.29, 1.82) is 0 Å². The zero-order valence-electron chi connectivity index (χ0n) is 20.7. The van der Waals surface area contributed by atoms with Crippen molar-refractivity contribution in [1.82, 2.24) is 14.5 Å². The number of nitrogens with one attached hydrogen (secondary N) is 1. The summed E-state index contributed by atoms with van der Waals surface area (Å²) in [4.78, 5) is 44.0. The number of hydrogen-bond donors (Lipinski definition) is 1. The third-order valence-corrected chi connectivity index (χ3v) is 6.37. The van der Waals surface area contributed by atoms with Crippen molar-refractivity contribution >= 4 is 39.9 Å². The summed E-state index contributed by atoms with van der Waals surface area (Å²) in [5.41, 5.74) is 0.690. The van der Waals surface area contributed by atoms with E-state index in [1.54, 1.807) is 29.2 Å². The highest BCUT2D eigenvalue weighted by atomic mass is 35.5. The summed E-state index contributed by atoms with van der Waals surface area (Å²) < 4.78 is 15.3. The summed E-state index contributed by atoms with van der Waals surface area (Å²) in [6.45, 7) is 4.12. The summed E-state index contributed by atoms with van der Waals surface area (Å²) in [6, 6.07) is 15.2. The van der Waals surface area contributed by atoms with Gasteiger partial charge in [-0.15, -0.1) is 0 Å². The number of nitrogens with zero attached hydrogens (tertiary/aromatic N) is 4. The van der Waals surface area contributed by atoms with Crippen molar-refractivity contribution in [2.24, 2.45) is 0 Å². The second-order valence-corrected chi connectivity index (χ2v) is 8.98. The molecule has 2 amide bonds. The van der Waals surface area contributed by atoms with Gasteiger partial charge in [0, 0.05) is 24.4 Å². The molecule has 1 unspecified atom stereocenters. The van der Waals surface area contributed by atoms with Gasteiger partial charge in [0.25, 0.3) is 11.2 Å². The smallest absolute Gasteiger partial charge is 0.314 e. The van der Waals surface area contributed by atoms with Crippen LogP contribution in [0, 0.1) is 15.9 Å². The lowest BCUT2D eigenvalue weighted by Gasteiger charge is -2.32. The van der Waals surface area contributed by atoms with Crippen LogP contribution in [0.5, 0.6) is 0 Å². The van der Waals surface area contributed by atoms with Gasteiger partial charge in [-0.3, -0.25) is 19.5 Å². The molecule has 3 aromatic carbocycles. The summed E-state index contributed by atoms with van der Waals surface area (Å²) in [5, 5.41) is 14.0. The number of nitro groups is 1. The number of amides is 2. The van der Waals surface area contributed by atoms with Crippen molar-refractivity contribution in [2.75, 3.05) is 11.9 Å². The standard InChI is InChI=1S/C27H25ClFN5O4/c1-3-15-32(27(36)30-17-9-11-18(12-10-17)34(37)38)24(4-2)25-31-23-8-6-5-7-20(23)26(35)33(25)19-13-14-22(29)21(28)16-19/h5-14,16,24H,3-4,15H2,1-2H3,(H,30,36). The number of halogens is 2. The first kappa shape index (κ1) is 26.7. The number of nitro benzene ring substituents is 1. The van der Waals surface area contributed by atoms with Gasteiger partial charge < -0.3 is 10.2 Å². The normalized spacial score (nSPS) is 11.8. The molecule has 1 aromatic heterocycles. The summed E-state index contributed by atoms with van der Waals surface area (Å²) in [7, 11) is 0. The number of hydrogen-bond acceptors (Lipinski definition) is 5. The van der Waals surface area contributed by atoms with Gasteiger partial charge in [0.15, 0.2) is 0 Å². The number of benzene rings is 3. The molecule has 0 aliphatic heterocycles. The Balaban J connectivity index is 1.83. The second kappa shape index (κ2) is 11.4. The minimum atomic E-state index is -0.644. The third-order valence-electron chi connectivity index (χ3n) is 6.08. The van der Waals surface area contributed by atoms with Gasteiger partial charge in [0.1, 0.15) is 11.6 Å². The van der Waals surface area contributed by atoms with Gasteiger partial charge in [-0.1, -0.05) is 37.6 Å². The molecule has 196 valence electrons. The van der Waals surface area contributed by atoms with Crippen molar-refractivity contribution < 1.29 is 14.1 Å². The minimum absolute atomic E-state index is 0.0952. The summed E-state index contributed by atoms with van der Waals surface area (Å²) in [6.07, 6.45) is 1.03. The molecule has 38 heavy (non-hydrogen) atoms. The number of rotatable bonds is 8. The van der Waals surface area contributed by atoms with E-state index < -0.39 is 22.8 Å². The number of carbonyl (C=O) groups is 1. The fraction of sp³-hybridized carbons (Fsp3) is 0.222. The molecule has 0 saturated carbocycles. The molecule has 1 atom stereocenters. The predicted octanol–water partition coefficient (Wildman–Crippen LogP) is 6.48. The lowest BCUT2D eigenvalue weighted by atomic mass is 10.1. The molecular formula is C27H25ClFN5O4. The highest BCUT2D eigenvalue weighted by molar-refractivity contribution is 6.30. The molecule has 11 heteroatoms. The van der Waals surface area contributed by atoms with Gasteiger partial charge in [0.2, 0.25) is 0 Å². The molecule has 4 rings (SSSR count). The van der Waals surface area contributed by atoms with Gasteiger partial charge in [0.05, 0.1) is 32.6 Å². The van der Waals surface area contributed by atoms with Crippen LogP contribution in [-0.2, 0) is 0 Å². The Morgan fingerprint density at radius 3 is 2.50 bits per heavy atom. The highest BCUT2D eigenvalue weighted by Gasteiger charge is 2.29. The fourth-order valence-corrected chi connectivity index (χ4v) is 4.47. The molecular weight excluding hydrogens is 513 g/mol. The third kappa shape index (κ3) is 5.35. The van der Waals surface area contributed by atoms with Crippen molar-refractivity contribution in [3.8, 4) is 5.69 Å². The molecule has 1 N–H and O–H groups in total. The number of urea groups is 1. The van der Waals surface area contributed by atoms with Crippen LogP contribution in [0.25, 0.3) is 16.6 Å². The molecule has 0 aliphatic rings. The second-order valence-electron chi connectivity index (χ2n) is 8.58. The lowest BCUT2D eigenvalue weighted by Crippen LogP contribution is -2.41. The Morgan fingerprint density at radius 2 is 1.87 bits per heavy atom. The zero-order valence-corrected chi connectivity index (χ0v) is 21.5. The number of fused-ring (bicyclic) bond motifs is 1. The van der Waals surface area contributed by atoms with E-state index in [0.29, 0.717) is 47.5 Å². The van der Waals surface area contributed by atoms with E-state index in [0.717, 1.165) is 0 Å². The van der Waals surface area contributed by atoms with E-state index in [4.69, 9.17) is 16.6 Å². The van der Waals surface area contributed by atoms with E-state index in [2.05, 4.69) is 5.32 Å². The molecule has 0 aliphatic carbocycles. The van der Waals surface area contributed by atoms with Crippen molar-refractivity contribution in [2.45, 2.75) is 32.7 Å². The molecule has 0 spiro atoms. The van der Waals surface area contributed by atoms with Crippen LogP contribution in [-0.4, -0.2) is 32.0 Å². The van der Waals surface area contributed by atoms with Crippen LogP contribution in [0.2, 0.25) is 5.02 Å². The highest BCUT2D eigenvalue weighted by Crippen LogP contribution is 2.28. The number of non-ortho nitro benzene ring substituents is 1. The van der Waals surface area contributed by atoms with E-state index in [-0.39, 0.29) is 16.3 Å². The maximum atomic E-state index is 14.0. The van der Waals surface area contributed by atoms with E-state index >= 15 is 0 Å². The van der Waals surface area contributed by atoms with Crippen LogP contribution in [0.3, 0.4) is 0 Å². The molecule has 0 radical (unpaired) electrons. The van der Waals surface area contributed by atoms with E-state index in [1.807, 2.05) is 13.8 Å². The van der Waals surface area contributed by atoms with E-state index in [9.17, 15) is 24.1 Å². The zero-order chi connectivity index (χ0) is 27.4. The monoisotopic (exact) mass is 537 g/mol. The molecule has 9 nitrogen and oxygen atoms in total. The Hall–Kier alpha value is -4.31. The van der Waals surface area contributed by atoms with Crippen LogP contribution >= 0.6 is 11.6 Å². The van der Waals surface area contributed by atoms with Crippen molar-refractivity contribution in [3.05, 3.63) is 104 Å². The Labute approximate surface area is 222 Å². The van der Waals surface area contributed by atoms with Crippen LogP contribution in [0.15, 0.2) is 71.5 Å². The quantitative estimate of drug-likeness (QED) is 0.204. The average Bonchev–Trinajstić information content (AvgIpc) is 2.91. The Morgan fingerprint density at radius 1 is 1.16 bits per heavy atom. The van der Waals surface area contributed by atoms with Crippen molar-refractivity contribution in [3.63, 3.8) is 0 Å². The van der Waals surface area contributed by atoms with Gasteiger partial charge >= 0.3 is 6.03 Å². The first-order valence-electron chi connectivity index (χ1n) is 12.0. The molecule has 0 fully saturated rings. The first-order chi connectivity index (χ1) is 18.2. The maximum absolute atomic E-state index is 14.0. The van der Waals surface area contributed by atoms with Gasteiger partial charge in [-0.2, -0.15) is 0 Å². The lowest BCUT2D eigenvalue weighted by molar-refractivity contribution is -0.384. The molecule has 0 saturated heterocycles. The number of para-hydroxylation sites is 1. The number of carbonyl (C=O) groups excluding carboxylic acids is 1. The molecule has 1 heterocycles. The number of aromatic nitrogens is 2. The van der Waals surface area contributed by atoms with Gasteiger partial charge in [-0.05, 0) is 55.3 Å². The van der Waals surface area contributed by atoms with Crippen LogP contribution in [0.4, 0.5) is 20.6 Å². The van der Waals surface area contributed by atoms with Crippen LogP contribution < -0.4 is 10.9 Å². The maximum Gasteiger partial charge on any atom is 0.322 e. The van der Waals surface area contributed by atoms with E-state index in [1.165, 1.54) is 47.0 Å². The van der Waals surface area contributed by atoms with Crippen LogP contribution in [0.1, 0.15) is 38.6 Å². The van der Waals surface area contributed by atoms with Gasteiger partial charge in [-0.25, -0.2) is 14.2 Å². The number of anilines is 1. The fourth-order valence-electron chi connectivity index (χ4n) is 4.29. The average molecular weight is 538 g/mol. The topological polar surface area (TPSA) is 110 Å².